The smallest absolute Gasteiger partial charge is 0.129 e. The van der Waals surface area contributed by atoms with Gasteiger partial charge in [0.2, 0.25) is 0 Å². The predicted octanol–water partition coefficient (Wildman–Crippen LogP) is 0.867. The summed E-state index contributed by atoms with van der Waals surface area (Å²) in [6.45, 7) is 2.82. The first-order chi connectivity index (χ1) is 7.40. The Morgan fingerprint density at radius 2 is 2.12 bits per heavy atom. The minimum Gasteiger partial charge on any atom is -0.330 e. The number of nitrogens with two attached hydrogens (primary N) is 1. The topological polar surface area (TPSA) is 63.8 Å². The lowest BCUT2D eigenvalue weighted by Crippen LogP contribution is -2.27. The van der Waals surface area contributed by atoms with Crippen molar-refractivity contribution in [2.45, 2.75) is 25.2 Å². The summed E-state index contributed by atoms with van der Waals surface area (Å²) >= 11 is 0. The average Bonchev–Trinajstić information content (AvgIpc) is 2.31. The third kappa shape index (κ3) is 3.40. The number of rotatable bonds is 3. The second-order valence-electron chi connectivity index (χ2n) is 3.96. The Kier molecular flexibility index (Phi) is 5.66. The number of piperidine rings is 1. The molecule has 90 valence electrons. The van der Waals surface area contributed by atoms with Crippen LogP contribution in [0.4, 0.5) is 0 Å². The molecule has 1 fully saturated rings. The van der Waals surface area contributed by atoms with Gasteiger partial charge in [-0.3, -0.25) is 0 Å². The highest BCUT2D eigenvalue weighted by atomic mass is 35.5. The molecule has 1 aromatic heterocycles. The lowest BCUT2D eigenvalue weighted by atomic mass is 9.94. The molecular weight excluding hydrogens is 224 g/mol. The second-order valence-corrected chi connectivity index (χ2v) is 3.96. The maximum atomic E-state index is 5.50. The molecule has 1 aliphatic rings. The Morgan fingerprint density at radius 3 is 2.81 bits per heavy atom. The first kappa shape index (κ1) is 13.4. The van der Waals surface area contributed by atoms with E-state index in [9.17, 15) is 0 Å². The molecule has 2 rings (SSSR count). The quantitative estimate of drug-likeness (QED) is 0.826. The number of hydrogen-bond donors (Lipinski definition) is 2. The van der Waals surface area contributed by atoms with E-state index in [1.807, 2.05) is 12.3 Å². The van der Waals surface area contributed by atoms with Gasteiger partial charge in [-0.25, -0.2) is 9.97 Å². The molecule has 0 atom stereocenters. The van der Waals surface area contributed by atoms with Crippen molar-refractivity contribution in [3.8, 4) is 0 Å². The maximum Gasteiger partial charge on any atom is 0.129 e. The molecule has 0 spiro atoms. The van der Waals surface area contributed by atoms with Gasteiger partial charge < -0.3 is 11.1 Å². The van der Waals surface area contributed by atoms with Crippen LogP contribution in [0.25, 0.3) is 0 Å². The van der Waals surface area contributed by atoms with Gasteiger partial charge >= 0.3 is 0 Å². The van der Waals surface area contributed by atoms with Gasteiger partial charge in [0.1, 0.15) is 5.82 Å². The van der Waals surface area contributed by atoms with Gasteiger partial charge in [0, 0.05) is 24.2 Å². The monoisotopic (exact) mass is 242 g/mol. The Bertz CT molecular complexity index is 313. The van der Waals surface area contributed by atoms with E-state index in [-0.39, 0.29) is 12.4 Å². The van der Waals surface area contributed by atoms with Crippen LogP contribution in [0.15, 0.2) is 12.3 Å². The second kappa shape index (κ2) is 6.78. The molecule has 0 radical (unpaired) electrons. The molecule has 0 unspecified atom stereocenters. The summed E-state index contributed by atoms with van der Waals surface area (Å²) in [5, 5.41) is 3.36. The molecule has 1 saturated heterocycles. The fraction of sp³-hybridized carbons (Fsp3) is 0.636. The minimum absolute atomic E-state index is 0. The SMILES string of the molecule is Cl.NCCc1nccc(C2CCNCC2)n1. The van der Waals surface area contributed by atoms with E-state index >= 15 is 0 Å². The molecule has 3 N–H and O–H groups in total. The van der Waals surface area contributed by atoms with Gasteiger partial charge in [-0.2, -0.15) is 0 Å². The van der Waals surface area contributed by atoms with E-state index in [4.69, 9.17) is 5.73 Å². The van der Waals surface area contributed by atoms with E-state index in [1.54, 1.807) is 0 Å². The molecule has 2 heterocycles. The highest BCUT2D eigenvalue weighted by Gasteiger charge is 2.16. The summed E-state index contributed by atoms with van der Waals surface area (Å²) in [6, 6.07) is 2.04. The zero-order chi connectivity index (χ0) is 10.5. The fourth-order valence-corrected chi connectivity index (χ4v) is 2.01. The van der Waals surface area contributed by atoms with E-state index in [0.717, 1.165) is 25.3 Å². The van der Waals surface area contributed by atoms with Gasteiger partial charge in [-0.1, -0.05) is 0 Å². The molecule has 16 heavy (non-hydrogen) atoms. The van der Waals surface area contributed by atoms with E-state index < -0.39 is 0 Å². The van der Waals surface area contributed by atoms with Crippen molar-refractivity contribution in [1.29, 1.82) is 0 Å². The Hall–Kier alpha value is -0.710. The predicted molar refractivity (Wildman–Crippen MR) is 66.9 cm³/mol. The summed E-state index contributed by atoms with van der Waals surface area (Å²) in [7, 11) is 0. The van der Waals surface area contributed by atoms with Crippen LogP contribution in [0, 0.1) is 0 Å². The lowest BCUT2D eigenvalue weighted by molar-refractivity contribution is 0.451. The van der Waals surface area contributed by atoms with Crippen LogP contribution in [0.3, 0.4) is 0 Å². The number of nitrogens with one attached hydrogen (secondary N) is 1. The van der Waals surface area contributed by atoms with Gasteiger partial charge in [-0.15, -0.1) is 12.4 Å². The molecule has 0 saturated carbocycles. The van der Waals surface area contributed by atoms with Crippen molar-refractivity contribution in [1.82, 2.24) is 15.3 Å². The number of nitrogens with zero attached hydrogens (tertiary/aromatic N) is 2. The zero-order valence-electron chi connectivity index (χ0n) is 9.35. The summed E-state index contributed by atoms with van der Waals surface area (Å²) in [5.41, 5.74) is 6.69. The van der Waals surface area contributed by atoms with Gasteiger partial charge in [0.15, 0.2) is 0 Å². The third-order valence-corrected chi connectivity index (χ3v) is 2.85. The lowest BCUT2D eigenvalue weighted by Gasteiger charge is -2.22. The largest absolute Gasteiger partial charge is 0.330 e. The molecule has 0 aromatic carbocycles. The molecule has 1 aliphatic heterocycles. The van der Waals surface area contributed by atoms with Crippen molar-refractivity contribution in [3.05, 3.63) is 23.8 Å². The van der Waals surface area contributed by atoms with E-state index in [0.29, 0.717) is 12.5 Å². The fourth-order valence-electron chi connectivity index (χ4n) is 2.01. The van der Waals surface area contributed by atoms with Crippen LogP contribution in [0.2, 0.25) is 0 Å². The van der Waals surface area contributed by atoms with Crippen LogP contribution >= 0.6 is 12.4 Å². The van der Waals surface area contributed by atoms with Crippen LogP contribution < -0.4 is 11.1 Å². The normalized spacial score (nSPS) is 16.8. The Balaban J connectivity index is 0.00000128. The molecule has 4 nitrogen and oxygen atoms in total. The molecule has 5 heteroatoms. The third-order valence-electron chi connectivity index (χ3n) is 2.85. The van der Waals surface area contributed by atoms with Crippen molar-refractivity contribution in [2.75, 3.05) is 19.6 Å². The summed E-state index contributed by atoms with van der Waals surface area (Å²) in [5.74, 6) is 1.49. The maximum absolute atomic E-state index is 5.50. The first-order valence-electron chi connectivity index (χ1n) is 5.63. The molecule has 1 aromatic rings. The Labute approximate surface area is 102 Å². The van der Waals surface area contributed by atoms with Gasteiger partial charge in [0.05, 0.1) is 0 Å². The minimum atomic E-state index is 0. The zero-order valence-corrected chi connectivity index (χ0v) is 10.2. The van der Waals surface area contributed by atoms with Gasteiger partial charge in [-0.05, 0) is 38.5 Å². The highest BCUT2D eigenvalue weighted by molar-refractivity contribution is 5.85. The summed E-state index contributed by atoms with van der Waals surface area (Å²) in [4.78, 5) is 8.78. The van der Waals surface area contributed by atoms with E-state index in [1.165, 1.54) is 18.5 Å². The molecule has 0 aliphatic carbocycles. The highest BCUT2D eigenvalue weighted by Crippen LogP contribution is 2.22. The number of aromatic nitrogens is 2. The van der Waals surface area contributed by atoms with Crippen LogP contribution in [-0.4, -0.2) is 29.6 Å². The van der Waals surface area contributed by atoms with Crippen LogP contribution in [0.5, 0.6) is 0 Å². The average molecular weight is 243 g/mol. The molecular formula is C11H19ClN4. The van der Waals surface area contributed by atoms with Crippen molar-refractivity contribution in [3.63, 3.8) is 0 Å². The van der Waals surface area contributed by atoms with Crippen molar-refractivity contribution in [2.24, 2.45) is 5.73 Å². The summed E-state index contributed by atoms with van der Waals surface area (Å²) in [6.07, 6.45) is 4.99. The Morgan fingerprint density at radius 1 is 1.38 bits per heavy atom. The van der Waals surface area contributed by atoms with Crippen LogP contribution in [0.1, 0.15) is 30.3 Å². The standard InChI is InChI=1S/C11H18N4.ClH/c12-5-1-11-14-8-4-10(15-11)9-2-6-13-7-3-9;/h4,8-9,13H,1-3,5-7,12H2;1H. The number of hydrogen-bond acceptors (Lipinski definition) is 4. The van der Waals surface area contributed by atoms with Crippen molar-refractivity contribution >= 4 is 12.4 Å². The molecule has 0 bridgehead atoms. The molecule has 0 amide bonds. The summed E-state index contributed by atoms with van der Waals surface area (Å²) < 4.78 is 0. The van der Waals surface area contributed by atoms with Crippen LogP contribution in [-0.2, 0) is 6.42 Å². The number of halogens is 1. The van der Waals surface area contributed by atoms with Gasteiger partial charge in [0.25, 0.3) is 0 Å². The van der Waals surface area contributed by atoms with Crippen molar-refractivity contribution < 1.29 is 0 Å². The first-order valence-corrected chi connectivity index (χ1v) is 5.63. The van der Waals surface area contributed by atoms with E-state index in [2.05, 4.69) is 15.3 Å².